The Balaban J connectivity index is 2.63. The van der Waals surface area contributed by atoms with Crippen molar-refractivity contribution in [2.24, 2.45) is 0 Å². The Hall–Kier alpha value is -1.83. The molecular formula is C12H10O2. The van der Waals surface area contributed by atoms with E-state index in [-0.39, 0.29) is 5.63 Å². The molecule has 0 aliphatic carbocycles. The Morgan fingerprint density at radius 3 is 2.86 bits per heavy atom. The first kappa shape index (κ1) is 8.75. The van der Waals surface area contributed by atoms with Gasteiger partial charge in [-0.2, -0.15) is 0 Å². The molecule has 0 fully saturated rings. The zero-order valence-electron chi connectivity index (χ0n) is 7.69. The second-order valence-corrected chi connectivity index (χ2v) is 3.12. The van der Waals surface area contributed by atoms with Crippen molar-refractivity contribution in [2.45, 2.75) is 6.42 Å². The summed E-state index contributed by atoms with van der Waals surface area (Å²) >= 11 is 0. The fourth-order valence-corrected chi connectivity index (χ4v) is 1.40. The molecule has 0 spiro atoms. The standard InChI is InChI=1S/C12H10O2/c1-2-3-9-4-5-10-6-7-12(13)14-11(10)8-9/h2,4-8H,1,3H2. The van der Waals surface area contributed by atoms with Crippen LogP contribution in [0.25, 0.3) is 11.0 Å². The van der Waals surface area contributed by atoms with Crippen LogP contribution >= 0.6 is 0 Å². The molecule has 0 saturated carbocycles. The highest BCUT2D eigenvalue weighted by Crippen LogP contribution is 2.14. The molecule has 1 aromatic heterocycles. The van der Waals surface area contributed by atoms with E-state index in [1.807, 2.05) is 24.3 Å². The molecule has 0 N–H and O–H groups in total. The van der Waals surface area contributed by atoms with Crippen LogP contribution in [0.15, 0.2) is 52.2 Å². The minimum atomic E-state index is -0.312. The number of benzene rings is 1. The van der Waals surface area contributed by atoms with Crippen LogP contribution in [-0.4, -0.2) is 0 Å². The summed E-state index contributed by atoms with van der Waals surface area (Å²) in [7, 11) is 0. The van der Waals surface area contributed by atoms with E-state index in [0.717, 1.165) is 17.4 Å². The molecule has 0 saturated heterocycles. The lowest BCUT2D eigenvalue weighted by Gasteiger charge is -1.98. The van der Waals surface area contributed by atoms with Crippen molar-refractivity contribution in [3.8, 4) is 0 Å². The van der Waals surface area contributed by atoms with E-state index in [9.17, 15) is 4.79 Å². The van der Waals surface area contributed by atoms with E-state index in [1.54, 1.807) is 6.07 Å². The van der Waals surface area contributed by atoms with Gasteiger partial charge in [0.25, 0.3) is 0 Å². The maximum atomic E-state index is 11.0. The highest BCUT2D eigenvalue weighted by Gasteiger charge is 1.97. The third-order valence-corrected chi connectivity index (χ3v) is 2.07. The van der Waals surface area contributed by atoms with Gasteiger partial charge in [0.05, 0.1) is 0 Å². The van der Waals surface area contributed by atoms with Gasteiger partial charge in [0.15, 0.2) is 0 Å². The fraction of sp³-hybridized carbons (Fsp3) is 0.0833. The van der Waals surface area contributed by atoms with Crippen LogP contribution in [0.3, 0.4) is 0 Å². The Labute approximate surface area is 81.5 Å². The third kappa shape index (κ3) is 1.59. The Morgan fingerprint density at radius 1 is 1.29 bits per heavy atom. The van der Waals surface area contributed by atoms with E-state index in [2.05, 4.69) is 6.58 Å². The quantitative estimate of drug-likeness (QED) is 0.533. The molecule has 1 aromatic carbocycles. The van der Waals surface area contributed by atoms with Crippen LogP contribution in [0.1, 0.15) is 5.56 Å². The van der Waals surface area contributed by atoms with Crippen LogP contribution in [-0.2, 0) is 6.42 Å². The van der Waals surface area contributed by atoms with Gasteiger partial charge in [-0.15, -0.1) is 6.58 Å². The molecule has 0 atom stereocenters. The first-order valence-corrected chi connectivity index (χ1v) is 4.43. The fourth-order valence-electron chi connectivity index (χ4n) is 1.40. The second kappa shape index (κ2) is 3.50. The molecule has 0 aliphatic rings. The minimum absolute atomic E-state index is 0.312. The van der Waals surface area contributed by atoms with Gasteiger partial charge in [-0.25, -0.2) is 4.79 Å². The maximum absolute atomic E-state index is 11.0. The number of allylic oxidation sites excluding steroid dienone is 1. The van der Waals surface area contributed by atoms with Gasteiger partial charge in [-0.1, -0.05) is 18.2 Å². The molecule has 0 amide bonds. The molecule has 0 unspecified atom stereocenters. The number of rotatable bonds is 2. The summed E-state index contributed by atoms with van der Waals surface area (Å²) in [6.07, 6.45) is 2.61. The Kier molecular flexibility index (Phi) is 2.19. The second-order valence-electron chi connectivity index (χ2n) is 3.12. The molecule has 2 aromatic rings. The molecular weight excluding hydrogens is 176 g/mol. The van der Waals surface area contributed by atoms with E-state index >= 15 is 0 Å². The van der Waals surface area contributed by atoms with Gasteiger partial charge in [0, 0.05) is 11.5 Å². The van der Waals surface area contributed by atoms with E-state index in [4.69, 9.17) is 4.42 Å². The molecule has 0 bridgehead atoms. The number of hydrogen-bond acceptors (Lipinski definition) is 2. The topological polar surface area (TPSA) is 30.2 Å². The van der Waals surface area contributed by atoms with Crippen molar-refractivity contribution in [3.05, 3.63) is 59.0 Å². The molecule has 14 heavy (non-hydrogen) atoms. The lowest BCUT2D eigenvalue weighted by molar-refractivity contribution is 0.560. The molecule has 0 radical (unpaired) electrons. The average molecular weight is 186 g/mol. The van der Waals surface area contributed by atoms with Gasteiger partial charge in [-0.3, -0.25) is 0 Å². The lowest BCUT2D eigenvalue weighted by Crippen LogP contribution is -1.94. The largest absolute Gasteiger partial charge is 0.423 e. The zero-order valence-corrected chi connectivity index (χ0v) is 7.69. The Morgan fingerprint density at radius 2 is 2.07 bits per heavy atom. The van der Waals surface area contributed by atoms with Crippen molar-refractivity contribution in [3.63, 3.8) is 0 Å². The average Bonchev–Trinajstić information content (AvgIpc) is 2.17. The zero-order chi connectivity index (χ0) is 9.97. The Bertz CT molecular complexity index is 523. The summed E-state index contributed by atoms with van der Waals surface area (Å²) in [6, 6.07) is 9.01. The van der Waals surface area contributed by atoms with Gasteiger partial charge < -0.3 is 4.42 Å². The van der Waals surface area contributed by atoms with Crippen molar-refractivity contribution in [1.82, 2.24) is 0 Å². The van der Waals surface area contributed by atoms with Gasteiger partial charge >= 0.3 is 5.63 Å². The minimum Gasteiger partial charge on any atom is -0.423 e. The van der Waals surface area contributed by atoms with E-state index in [1.165, 1.54) is 6.07 Å². The van der Waals surface area contributed by atoms with Crippen molar-refractivity contribution in [2.75, 3.05) is 0 Å². The summed E-state index contributed by atoms with van der Waals surface area (Å²) in [6.45, 7) is 3.66. The smallest absolute Gasteiger partial charge is 0.336 e. The van der Waals surface area contributed by atoms with Crippen LogP contribution in [0.4, 0.5) is 0 Å². The van der Waals surface area contributed by atoms with E-state index < -0.39 is 0 Å². The van der Waals surface area contributed by atoms with Gasteiger partial charge in [0.2, 0.25) is 0 Å². The highest BCUT2D eigenvalue weighted by molar-refractivity contribution is 5.76. The summed E-state index contributed by atoms with van der Waals surface area (Å²) in [4.78, 5) is 11.0. The highest BCUT2D eigenvalue weighted by atomic mass is 16.4. The lowest BCUT2D eigenvalue weighted by atomic mass is 10.1. The first-order chi connectivity index (χ1) is 6.79. The van der Waals surface area contributed by atoms with Gasteiger partial charge in [0.1, 0.15) is 5.58 Å². The monoisotopic (exact) mass is 186 g/mol. The predicted octanol–water partition coefficient (Wildman–Crippen LogP) is 2.52. The van der Waals surface area contributed by atoms with Crippen LogP contribution in [0, 0.1) is 0 Å². The molecule has 70 valence electrons. The third-order valence-electron chi connectivity index (χ3n) is 2.07. The van der Waals surface area contributed by atoms with Gasteiger partial charge in [-0.05, 0) is 24.1 Å². The van der Waals surface area contributed by atoms with Crippen LogP contribution in [0.2, 0.25) is 0 Å². The van der Waals surface area contributed by atoms with Crippen molar-refractivity contribution >= 4 is 11.0 Å². The molecule has 2 nitrogen and oxygen atoms in total. The molecule has 2 rings (SSSR count). The number of hydrogen-bond donors (Lipinski definition) is 0. The van der Waals surface area contributed by atoms with Crippen LogP contribution < -0.4 is 5.63 Å². The van der Waals surface area contributed by atoms with Crippen LogP contribution in [0.5, 0.6) is 0 Å². The molecule has 1 heterocycles. The summed E-state index contributed by atoms with van der Waals surface area (Å²) in [5.74, 6) is 0. The summed E-state index contributed by atoms with van der Waals surface area (Å²) in [5, 5.41) is 0.942. The van der Waals surface area contributed by atoms with Crippen molar-refractivity contribution < 1.29 is 4.42 Å². The predicted molar refractivity (Wildman–Crippen MR) is 56.4 cm³/mol. The maximum Gasteiger partial charge on any atom is 0.336 e. The summed E-state index contributed by atoms with van der Waals surface area (Å²) in [5.41, 5.74) is 1.42. The normalized spacial score (nSPS) is 10.3. The first-order valence-electron chi connectivity index (χ1n) is 4.43. The molecule has 2 heteroatoms. The number of fused-ring (bicyclic) bond motifs is 1. The summed E-state index contributed by atoms with van der Waals surface area (Å²) < 4.78 is 5.06. The SMILES string of the molecule is C=CCc1ccc2ccc(=O)oc2c1. The van der Waals surface area contributed by atoms with Crippen molar-refractivity contribution in [1.29, 1.82) is 0 Å². The molecule has 0 aliphatic heterocycles. The van der Waals surface area contributed by atoms with E-state index in [0.29, 0.717) is 5.58 Å².